The Morgan fingerprint density at radius 2 is 1.81 bits per heavy atom. The lowest BCUT2D eigenvalue weighted by Crippen LogP contribution is -2.31. The molecule has 1 amide bonds. The zero-order valence-corrected chi connectivity index (χ0v) is 16.9. The van der Waals surface area contributed by atoms with Crippen LogP contribution in [0.3, 0.4) is 0 Å². The van der Waals surface area contributed by atoms with Gasteiger partial charge in [-0.05, 0) is 42.1 Å². The van der Waals surface area contributed by atoms with Gasteiger partial charge in [0.1, 0.15) is 0 Å². The molecule has 0 aliphatic carbocycles. The van der Waals surface area contributed by atoms with Gasteiger partial charge in [-0.15, -0.1) is 24.2 Å². The number of likely N-dealkylation sites (tertiary alicyclic amines) is 1. The summed E-state index contributed by atoms with van der Waals surface area (Å²) < 4.78 is 0. The second-order valence-corrected chi connectivity index (χ2v) is 7.91. The molecule has 0 saturated carbocycles. The lowest BCUT2D eigenvalue weighted by molar-refractivity contribution is -0.127. The van der Waals surface area contributed by atoms with Crippen LogP contribution in [-0.2, 0) is 4.79 Å². The van der Waals surface area contributed by atoms with Crippen LogP contribution in [0.15, 0.2) is 54.6 Å². The summed E-state index contributed by atoms with van der Waals surface area (Å²) in [6.45, 7) is 2.29. The summed E-state index contributed by atoms with van der Waals surface area (Å²) in [4.78, 5) is 14.5. The van der Waals surface area contributed by atoms with Crippen molar-refractivity contribution in [2.75, 3.05) is 25.4 Å². The first-order chi connectivity index (χ1) is 12.2. The van der Waals surface area contributed by atoms with Crippen molar-refractivity contribution in [3.63, 3.8) is 0 Å². The molecule has 2 N–H and O–H groups in total. The fraction of sp³-hybridized carbons (Fsp3) is 0.350. The van der Waals surface area contributed by atoms with E-state index in [0.29, 0.717) is 18.2 Å². The number of thioether (sulfide) groups is 1. The highest BCUT2D eigenvalue weighted by Gasteiger charge is 2.26. The van der Waals surface area contributed by atoms with Crippen molar-refractivity contribution in [3.05, 3.63) is 70.7 Å². The minimum atomic E-state index is 0. The summed E-state index contributed by atoms with van der Waals surface area (Å²) in [6.07, 6.45) is 1.02. The Balaban J connectivity index is 0.00000243. The number of nitrogens with two attached hydrogens (primary N) is 1. The van der Waals surface area contributed by atoms with Crippen molar-refractivity contribution in [1.29, 1.82) is 0 Å². The zero-order chi connectivity index (χ0) is 17.6. The van der Waals surface area contributed by atoms with E-state index in [1.165, 1.54) is 5.56 Å². The normalized spacial score (nSPS) is 17.6. The van der Waals surface area contributed by atoms with E-state index in [4.69, 9.17) is 17.3 Å². The molecule has 1 saturated heterocycles. The number of benzene rings is 2. The Morgan fingerprint density at radius 1 is 1.15 bits per heavy atom. The molecular formula is C20H24Cl2N2OS. The fourth-order valence-corrected chi connectivity index (χ4v) is 4.46. The summed E-state index contributed by atoms with van der Waals surface area (Å²) >= 11 is 7.70. The number of amides is 1. The minimum Gasteiger partial charge on any atom is -0.342 e. The van der Waals surface area contributed by atoms with Crippen molar-refractivity contribution in [2.24, 2.45) is 11.7 Å². The monoisotopic (exact) mass is 410 g/mol. The maximum atomic E-state index is 12.6. The second kappa shape index (κ2) is 10.2. The van der Waals surface area contributed by atoms with E-state index >= 15 is 0 Å². The van der Waals surface area contributed by atoms with Gasteiger partial charge in [-0.1, -0.05) is 54.1 Å². The van der Waals surface area contributed by atoms with Gasteiger partial charge >= 0.3 is 0 Å². The van der Waals surface area contributed by atoms with Crippen molar-refractivity contribution in [3.8, 4) is 0 Å². The predicted molar refractivity (Wildman–Crippen MR) is 113 cm³/mol. The molecule has 3 rings (SSSR count). The molecule has 0 spiro atoms. The highest BCUT2D eigenvalue weighted by Crippen LogP contribution is 2.36. The molecule has 2 aromatic rings. The topological polar surface area (TPSA) is 46.3 Å². The Labute approximate surface area is 170 Å². The Bertz CT molecular complexity index is 697. The van der Waals surface area contributed by atoms with Gasteiger partial charge in [0.05, 0.1) is 11.0 Å². The fourth-order valence-electron chi connectivity index (χ4n) is 3.15. The average Bonchev–Trinajstić information content (AvgIpc) is 3.13. The van der Waals surface area contributed by atoms with Crippen LogP contribution in [0.25, 0.3) is 0 Å². The third-order valence-corrected chi connectivity index (χ3v) is 6.16. The van der Waals surface area contributed by atoms with Gasteiger partial charge in [-0.25, -0.2) is 0 Å². The molecule has 0 aromatic heterocycles. The average molecular weight is 411 g/mol. The summed E-state index contributed by atoms with van der Waals surface area (Å²) in [5, 5.41) is 0.844. The van der Waals surface area contributed by atoms with E-state index in [9.17, 15) is 4.79 Å². The number of nitrogens with zero attached hydrogens (tertiary/aromatic N) is 1. The highest BCUT2D eigenvalue weighted by molar-refractivity contribution is 8.00. The molecule has 0 bridgehead atoms. The largest absolute Gasteiger partial charge is 0.342 e. The van der Waals surface area contributed by atoms with E-state index in [1.54, 1.807) is 11.8 Å². The maximum Gasteiger partial charge on any atom is 0.232 e. The summed E-state index contributed by atoms with van der Waals surface area (Å²) in [5.74, 6) is 1.13. The van der Waals surface area contributed by atoms with E-state index < -0.39 is 0 Å². The first-order valence-corrected chi connectivity index (χ1v) is 10.00. The quantitative estimate of drug-likeness (QED) is 0.767. The van der Waals surface area contributed by atoms with Gasteiger partial charge in [0.15, 0.2) is 0 Å². The zero-order valence-electron chi connectivity index (χ0n) is 14.5. The van der Waals surface area contributed by atoms with Crippen LogP contribution in [0.5, 0.6) is 0 Å². The second-order valence-electron chi connectivity index (χ2n) is 6.38. The molecule has 2 aromatic carbocycles. The van der Waals surface area contributed by atoms with E-state index in [-0.39, 0.29) is 23.6 Å². The van der Waals surface area contributed by atoms with Gasteiger partial charge < -0.3 is 10.6 Å². The third kappa shape index (κ3) is 5.40. The predicted octanol–water partition coefficient (Wildman–Crippen LogP) is 4.39. The lowest BCUT2D eigenvalue weighted by atomic mass is 10.0. The number of halogens is 2. The van der Waals surface area contributed by atoms with E-state index in [0.717, 1.165) is 30.1 Å². The van der Waals surface area contributed by atoms with Crippen molar-refractivity contribution in [2.45, 2.75) is 11.7 Å². The van der Waals surface area contributed by atoms with Gasteiger partial charge in [0.2, 0.25) is 5.91 Å². The summed E-state index contributed by atoms with van der Waals surface area (Å²) in [6, 6.07) is 18.2. The van der Waals surface area contributed by atoms with Crippen molar-refractivity contribution < 1.29 is 4.79 Å². The van der Waals surface area contributed by atoms with E-state index in [1.807, 2.05) is 47.4 Å². The number of carbonyl (C=O) groups is 1. The number of carbonyl (C=O) groups excluding carboxylic acids is 1. The smallest absolute Gasteiger partial charge is 0.232 e. The van der Waals surface area contributed by atoms with Crippen LogP contribution >= 0.6 is 35.8 Å². The Hall–Kier alpha value is -1.20. The standard InChI is InChI=1S/C20H23ClN2OS.ClH/c21-18-8-6-17(7-9-18)20(16-4-2-1-3-5-16)25-14-19(24)23-11-10-15(12-22)13-23;/h1-9,15,20H,10-14,22H2;1H. The molecule has 2 unspecified atom stereocenters. The summed E-state index contributed by atoms with van der Waals surface area (Å²) in [5.41, 5.74) is 8.09. The molecule has 3 nitrogen and oxygen atoms in total. The Kier molecular flexibility index (Phi) is 8.29. The molecule has 1 fully saturated rings. The van der Waals surface area contributed by atoms with Crippen LogP contribution in [-0.4, -0.2) is 36.2 Å². The SMILES string of the molecule is Cl.NCC1CCN(C(=O)CSC(c2ccccc2)c2ccc(Cl)cc2)C1. The van der Waals surface area contributed by atoms with Gasteiger partial charge in [-0.3, -0.25) is 4.79 Å². The van der Waals surface area contributed by atoms with Crippen LogP contribution < -0.4 is 5.73 Å². The van der Waals surface area contributed by atoms with Crippen molar-refractivity contribution >= 4 is 41.7 Å². The molecule has 140 valence electrons. The molecule has 6 heteroatoms. The van der Waals surface area contributed by atoms with Crippen molar-refractivity contribution in [1.82, 2.24) is 4.90 Å². The molecule has 0 radical (unpaired) electrons. The first-order valence-electron chi connectivity index (χ1n) is 8.57. The number of rotatable bonds is 6. The van der Waals surface area contributed by atoms with Gasteiger partial charge in [-0.2, -0.15) is 0 Å². The minimum absolute atomic E-state index is 0. The molecule has 2 atom stereocenters. The number of hydrogen-bond acceptors (Lipinski definition) is 3. The molecule has 1 aliphatic heterocycles. The summed E-state index contributed by atoms with van der Waals surface area (Å²) in [7, 11) is 0. The van der Waals surface area contributed by atoms with Crippen LogP contribution in [0, 0.1) is 5.92 Å². The lowest BCUT2D eigenvalue weighted by Gasteiger charge is -2.20. The van der Waals surface area contributed by atoms with E-state index in [2.05, 4.69) is 12.1 Å². The number of hydrogen-bond donors (Lipinski definition) is 1. The molecule has 1 heterocycles. The Morgan fingerprint density at radius 3 is 2.42 bits per heavy atom. The van der Waals surface area contributed by atoms with Gasteiger partial charge in [0, 0.05) is 18.1 Å². The first kappa shape index (κ1) is 21.1. The highest BCUT2D eigenvalue weighted by atomic mass is 35.5. The molecular weight excluding hydrogens is 387 g/mol. The molecule has 1 aliphatic rings. The maximum absolute atomic E-state index is 12.6. The third-order valence-electron chi connectivity index (χ3n) is 4.62. The van der Waals surface area contributed by atoms with Crippen LogP contribution in [0.1, 0.15) is 22.8 Å². The molecule has 26 heavy (non-hydrogen) atoms. The van der Waals surface area contributed by atoms with Gasteiger partial charge in [0.25, 0.3) is 0 Å². The van der Waals surface area contributed by atoms with Crippen LogP contribution in [0.2, 0.25) is 5.02 Å². The van der Waals surface area contributed by atoms with Crippen LogP contribution in [0.4, 0.5) is 0 Å².